The van der Waals surface area contributed by atoms with Crippen LogP contribution >= 0.6 is 0 Å². The first kappa shape index (κ1) is 13.1. The first-order chi connectivity index (χ1) is 7.06. The molecule has 1 aliphatic rings. The van der Waals surface area contributed by atoms with E-state index in [0.29, 0.717) is 10.8 Å². The predicted molar refractivity (Wildman–Crippen MR) is 69.0 cm³/mol. The highest BCUT2D eigenvalue weighted by Crippen LogP contribution is 2.60. The Morgan fingerprint density at radius 1 is 1.27 bits per heavy atom. The fourth-order valence-electron chi connectivity index (χ4n) is 4.42. The SMILES string of the molecule is CCCC(C)(CC)C1(CC)CCCC1C. The molecule has 0 amide bonds. The van der Waals surface area contributed by atoms with Crippen LogP contribution in [0.2, 0.25) is 0 Å². The van der Waals surface area contributed by atoms with E-state index in [0.717, 1.165) is 5.92 Å². The molecule has 0 saturated heterocycles. The second-order valence-electron chi connectivity index (χ2n) is 5.97. The van der Waals surface area contributed by atoms with Gasteiger partial charge in [0.25, 0.3) is 0 Å². The summed E-state index contributed by atoms with van der Waals surface area (Å²) >= 11 is 0. The molecule has 0 aromatic rings. The van der Waals surface area contributed by atoms with Gasteiger partial charge in [0.1, 0.15) is 0 Å². The van der Waals surface area contributed by atoms with Crippen molar-refractivity contribution in [1.82, 2.24) is 0 Å². The summed E-state index contributed by atoms with van der Waals surface area (Å²) in [7, 11) is 0. The lowest BCUT2D eigenvalue weighted by atomic mass is 9.55. The summed E-state index contributed by atoms with van der Waals surface area (Å²) in [6, 6.07) is 0. The average molecular weight is 210 g/mol. The average Bonchev–Trinajstić information content (AvgIpc) is 2.61. The molecule has 0 heterocycles. The van der Waals surface area contributed by atoms with Crippen LogP contribution < -0.4 is 0 Å². The lowest BCUT2D eigenvalue weighted by Crippen LogP contribution is -2.41. The molecule has 1 rings (SSSR count). The van der Waals surface area contributed by atoms with E-state index in [1.54, 1.807) is 0 Å². The molecular weight excluding hydrogens is 180 g/mol. The standard InChI is InChI=1S/C15H30/c1-6-11-14(5,7-2)15(8-3)12-9-10-13(15)4/h13H,6-12H2,1-5H3. The van der Waals surface area contributed by atoms with Gasteiger partial charge in [-0.2, -0.15) is 0 Å². The molecule has 0 heteroatoms. The number of hydrogen-bond donors (Lipinski definition) is 0. The lowest BCUT2D eigenvalue weighted by Gasteiger charge is -2.49. The highest BCUT2D eigenvalue weighted by molar-refractivity contribution is 5.00. The molecule has 0 aliphatic heterocycles. The van der Waals surface area contributed by atoms with Gasteiger partial charge in [-0.1, -0.05) is 60.3 Å². The van der Waals surface area contributed by atoms with Crippen molar-refractivity contribution in [2.45, 2.75) is 79.6 Å². The second-order valence-corrected chi connectivity index (χ2v) is 5.97. The summed E-state index contributed by atoms with van der Waals surface area (Å²) in [5, 5.41) is 0. The van der Waals surface area contributed by atoms with Crippen molar-refractivity contribution in [3.63, 3.8) is 0 Å². The van der Waals surface area contributed by atoms with Crippen LogP contribution in [0.15, 0.2) is 0 Å². The zero-order chi connectivity index (χ0) is 11.5. The molecule has 1 aliphatic carbocycles. The summed E-state index contributed by atoms with van der Waals surface area (Å²) in [5.74, 6) is 0.944. The van der Waals surface area contributed by atoms with Crippen LogP contribution in [-0.4, -0.2) is 0 Å². The first-order valence-electron chi connectivity index (χ1n) is 7.06. The van der Waals surface area contributed by atoms with Crippen molar-refractivity contribution in [3.05, 3.63) is 0 Å². The predicted octanol–water partition coefficient (Wildman–Crippen LogP) is 5.42. The molecule has 90 valence electrons. The fourth-order valence-corrected chi connectivity index (χ4v) is 4.42. The van der Waals surface area contributed by atoms with E-state index in [4.69, 9.17) is 0 Å². The van der Waals surface area contributed by atoms with Gasteiger partial charge in [0, 0.05) is 0 Å². The van der Waals surface area contributed by atoms with Crippen molar-refractivity contribution in [3.8, 4) is 0 Å². The molecule has 1 saturated carbocycles. The molecule has 0 aromatic heterocycles. The van der Waals surface area contributed by atoms with Crippen molar-refractivity contribution in [2.24, 2.45) is 16.7 Å². The Morgan fingerprint density at radius 2 is 1.93 bits per heavy atom. The molecule has 0 aromatic carbocycles. The van der Waals surface area contributed by atoms with E-state index in [2.05, 4.69) is 34.6 Å². The van der Waals surface area contributed by atoms with Crippen molar-refractivity contribution >= 4 is 0 Å². The monoisotopic (exact) mass is 210 g/mol. The smallest absolute Gasteiger partial charge is 0.0221 e. The van der Waals surface area contributed by atoms with Crippen LogP contribution in [0.1, 0.15) is 79.6 Å². The van der Waals surface area contributed by atoms with Gasteiger partial charge in [-0.3, -0.25) is 0 Å². The van der Waals surface area contributed by atoms with E-state index in [1.807, 2.05) is 0 Å². The van der Waals surface area contributed by atoms with Crippen LogP contribution in [-0.2, 0) is 0 Å². The maximum Gasteiger partial charge on any atom is -0.0221 e. The number of rotatable bonds is 5. The van der Waals surface area contributed by atoms with Crippen LogP contribution in [0, 0.1) is 16.7 Å². The van der Waals surface area contributed by atoms with Gasteiger partial charge in [-0.15, -0.1) is 0 Å². The topological polar surface area (TPSA) is 0 Å². The van der Waals surface area contributed by atoms with Crippen LogP contribution in [0.25, 0.3) is 0 Å². The van der Waals surface area contributed by atoms with Gasteiger partial charge in [-0.05, 0) is 36.0 Å². The molecule has 0 nitrogen and oxygen atoms in total. The normalized spacial score (nSPS) is 35.4. The third-order valence-electron chi connectivity index (χ3n) is 5.62. The molecule has 3 unspecified atom stereocenters. The Balaban J connectivity index is 2.96. The lowest BCUT2D eigenvalue weighted by molar-refractivity contribution is -0.000851. The Kier molecular flexibility index (Phi) is 4.26. The summed E-state index contributed by atoms with van der Waals surface area (Å²) in [4.78, 5) is 0. The van der Waals surface area contributed by atoms with Crippen molar-refractivity contribution in [1.29, 1.82) is 0 Å². The fraction of sp³-hybridized carbons (Fsp3) is 1.00. The quantitative estimate of drug-likeness (QED) is 0.568. The molecule has 0 spiro atoms. The Morgan fingerprint density at radius 3 is 2.27 bits per heavy atom. The van der Waals surface area contributed by atoms with E-state index >= 15 is 0 Å². The van der Waals surface area contributed by atoms with Crippen LogP contribution in [0.4, 0.5) is 0 Å². The first-order valence-corrected chi connectivity index (χ1v) is 7.06. The molecule has 3 atom stereocenters. The molecule has 1 fully saturated rings. The highest BCUT2D eigenvalue weighted by atomic mass is 14.5. The Labute approximate surface area is 96.8 Å². The Bertz CT molecular complexity index is 196. The molecule has 0 radical (unpaired) electrons. The molecule has 0 N–H and O–H groups in total. The largest absolute Gasteiger partial charge is 0.0654 e. The van der Waals surface area contributed by atoms with Gasteiger partial charge < -0.3 is 0 Å². The summed E-state index contributed by atoms with van der Waals surface area (Å²) in [5.41, 5.74) is 1.24. The van der Waals surface area contributed by atoms with Gasteiger partial charge in [-0.25, -0.2) is 0 Å². The van der Waals surface area contributed by atoms with Crippen LogP contribution in [0.3, 0.4) is 0 Å². The molecule has 15 heavy (non-hydrogen) atoms. The Hall–Kier alpha value is 0. The zero-order valence-electron chi connectivity index (χ0n) is 11.5. The zero-order valence-corrected chi connectivity index (χ0v) is 11.5. The van der Waals surface area contributed by atoms with Gasteiger partial charge >= 0.3 is 0 Å². The van der Waals surface area contributed by atoms with E-state index in [-0.39, 0.29) is 0 Å². The van der Waals surface area contributed by atoms with Gasteiger partial charge in [0.2, 0.25) is 0 Å². The molecular formula is C15H30. The minimum Gasteiger partial charge on any atom is -0.0654 e. The second kappa shape index (κ2) is 4.89. The van der Waals surface area contributed by atoms with Crippen LogP contribution in [0.5, 0.6) is 0 Å². The third-order valence-corrected chi connectivity index (χ3v) is 5.62. The number of hydrogen-bond acceptors (Lipinski definition) is 0. The maximum atomic E-state index is 2.56. The highest BCUT2D eigenvalue weighted by Gasteiger charge is 2.50. The van der Waals surface area contributed by atoms with E-state index in [1.165, 1.54) is 44.9 Å². The van der Waals surface area contributed by atoms with Crippen molar-refractivity contribution < 1.29 is 0 Å². The third kappa shape index (κ3) is 1.97. The molecule has 0 bridgehead atoms. The van der Waals surface area contributed by atoms with E-state index < -0.39 is 0 Å². The van der Waals surface area contributed by atoms with Gasteiger partial charge in [0.05, 0.1) is 0 Å². The van der Waals surface area contributed by atoms with E-state index in [9.17, 15) is 0 Å². The minimum atomic E-state index is 0.590. The van der Waals surface area contributed by atoms with Gasteiger partial charge in [0.15, 0.2) is 0 Å². The summed E-state index contributed by atoms with van der Waals surface area (Å²) in [6.07, 6.45) is 9.93. The van der Waals surface area contributed by atoms with Crippen molar-refractivity contribution in [2.75, 3.05) is 0 Å². The summed E-state index contributed by atoms with van der Waals surface area (Å²) in [6.45, 7) is 12.2. The minimum absolute atomic E-state index is 0.590. The summed E-state index contributed by atoms with van der Waals surface area (Å²) < 4.78 is 0. The maximum absolute atomic E-state index is 2.56.